The largest absolute Gasteiger partial charge is 0.355 e. The van der Waals surface area contributed by atoms with Crippen LogP contribution in [0, 0.1) is 6.92 Å². The molecule has 0 spiro atoms. The van der Waals surface area contributed by atoms with Gasteiger partial charge in [-0.15, -0.1) is 0 Å². The number of rotatable bonds is 8. The van der Waals surface area contributed by atoms with Gasteiger partial charge in [0.15, 0.2) is 5.16 Å². The third-order valence-corrected chi connectivity index (χ3v) is 6.71. The van der Waals surface area contributed by atoms with Gasteiger partial charge in [-0.3, -0.25) is 14.2 Å². The van der Waals surface area contributed by atoms with Gasteiger partial charge in [-0.1, -0.05) is 84.1 Å². The first-order valence-corrected chi connectivity index (χ1v) is 12.0. The van der Waals surface area contributed by atoms with E-state index in [2.05, 4.69) is 34.6 Å². The van der Waals surface area contributed by atoms with Gasteiger partial charge in [-0.2, -0.15) is 0 Å². The average Bonchev–Trinajstić information content (AvgIpc) is 2.84. The predicted octanol–water partition coefficient (Wildman–Crippen LogP) is 4.67. The standard InChI is InChI=1S/C27H27N3O2S/c1-19-13-14-24-23(17-19)26(32)30(2)27(29-24)33-18-25(31)28-16-15-22(20-9-5-3-6-10-20)21-11-7-4-8-12-21/h3-14,17,22H,15-16,18H2,1-2H3,(H,28,31). The molecule has 4 aromatic rings. The van der Waals surface area contributed by atoms with Crippen LogP contribution < -0.4 is 10.9 Å². The Morgan fingerprint density at radius 2 is 1.64 bits per heavy atom. The van der Waals surface area contributed by atoms with Crippen LogP contribution in [0.2, 0.25) is 0 Å². The van der Waals surface area contributed by atoms with Crippen molar-refractivity contribution in [3.8, 4) is 0 Å². The molecule has 0 fully saturated rings. The number of aryl methyl sites for hydroxylation is 1. The zero-order valence-electron chi connectivity index (χ0n) is 18.8. The van der Waals surface area contributed by atoms with Gasteiger partial charge in [-0.05, 0) is 36.6 Å². The number of nitrogens with one attached hydrogen (secondary N) is 1. The average molecular weight is 458 g/mol. The number of carbonyl (C=O) groups excluding carboxylic acids is 1. The Bertz CT molecular complexity index is 1260. The summed E-state index contributed by atoms with van der Waals surface area (Å²) in [6.45, 7) is 2.52. The molecule has 0 bridgehead atoms. The molecular formula is C27H27N3O2S. The van der Waals surface area contributed by atoms with Crippen LogP contribution >= 0.6 is 11.8 Å². The highest BCUT2D eigenvalue weighted by Gasteiger charge is 2.15. The summed E-state index contributed by atoms with van der Waals surface area (Å²) in [5.41, 5.74) is 4.04. The molecule has 0 saturated carbocycles. The highest BCUT2D eigenvalue weighted by atomic mass is 32.2. The number of hydrogen-bond donors (Lipinski definition) is 1. The summed E-state index contributed by atoms with van der Waals surface area (Å²) in [6.07, 6.45) is 0.802. The van der Waals surface area contributed by atoms with Crippen molar-refractivity contribution >= 4 is 28.6 Å². The molecule has 1 N–H and O–H groups in total. The van der Waals surface area contributed by atoms with Crippen molar-refractivity contribution in [2.45, 2.75) is 24.4 Å². The van der Waals surface area contributed by atoms with Crippen LogP contribution in [0.5, 0.6) is 0 Å². The van der Waals surface area contributed by atoms with E-state index < -0.39 is 0 Å². The highest BCUT2D eigenvalue weighted by molar-refractivity contribution is 7.99. The molecule has 3 aromatic carbocycles. The fraction of sp³-hybridized carbons (Fsp3) is 0.222. The molecule has 168 valence electrons. The fourth-order valence-corrected chi connectivity index (χ4v) is 4.73. The summed E-state index contributed by atoms with van der Waals surface area (Å²) in [5, 5.41) is 4.16. The normalized spacial score (nSPS) is 11.1. The number of fused-ring (bicyclic) bond motifs is 1. The number of hydrogen-bond acceptors (Lipinski definition) is 4. The highest BCUT2D eigenvalue weighted by Crippen LogP contribution is 2.27. The Morgan fingerprint density at radius 3 is 2.27 bits per heavy atom. The maximum absolute atomic E-state index is 12.7. The van der Waals surface area contributed by atoms with Crippen LogP contribution in [0.15, 0.2) is 88.8 Å². The van der Waals surface area contributed by atoms with E-state index in [9.17, 15) is 9.59 Å². The second kappa shape index (κ2) is 10.5. The van der Waals surface area contributed by atoms with E-state index >= 15 is 0 Å². The smallest absolute Gasteiger partial charge is 0.261 e. The molecule has 0 unspecified atom stereocenters. The summed E-state index contributed by atoms with van der Waals surface area (Å²) >= 11 is 1.28. The molecule has 0 atom stereocenters. The topological polar surface area (TPSA) is 64.0 Å². The van der Waals surface area contributed by atoms with E-state index in [4.69, 9.17) is 0 Å². The lowest BCUT2D eigenvalue weighted by Gasteiger charge is -2.18. The minimum absolute atomic E-state index is 0.0712. The van der Waals surface area contributed by atoms with Gasteiger partial charge in [0.2, 0.25) is 5.91 Å². The fourth-order valence-electron chi connectivity index (χ4n) is 3.93. The first-order chi connectivity index (χ1) is 16.0. The molecule has 1 aromatic heterocycles. The van der Waals surface area contributed by atoms with Gasteiger partial charge >= 0.3 is 0 Å². The van der Waals surface area contributed by atoms with Gasteiger partial charge in [0.05, 0.1) is 16.7 Å². The Hall–Kier alpha value is -3.38. The Labute approximate surface area is 197 Å². The number of aromatic nitrogens is 2. The van der Waals surface area contributed by atoms with E-state index in [1.807, 2.05) is 61.5 Å². The third kappa shape index (κ3) is 5.52. The summed E-state index contributed by atoms with van der Waals surface area (Å²) in [7, 11) is 1.70. The van der Waals surface area contributed by atoms with Crippen molar-refractivity contribution < 1.29 is 4.79 Å². The van der Waals surface area contributed by atoms with Gasteiger partial charge in [0.25, 0.3) is 5.56 Å². The lowest BCUT2D eigenvalue weighted by Crippen LogP contribution is -2.28. The van der Waals surface area contributed by atoms with Crippen LogP contribution in [0.4, 0.5) is 0 Å². The summed E-state index contributed by atoms with van der Waals surface area (Å²) < 4.78 is 1.51. The van der Waals surface area contributed by atoms with E-state index in [0.29, 0.717) is 22.6 Å². The molecule has 0 aliphatic rings. The lowest BCUT2D eigenvalue weighted by molar-refractivity contribution is -0.118. The number of nitrogens with zero attached hydrogens (tertiary/aromatic N) is 2. The van der Waals surface area contributed by atoms with Crippen LogP contribution in [-0.2, 0) is 11.8 Å². The minimum Gasteiger partial charge on any atom is -0.355 e. The first-order valence-electron chi connectivity index (χ1n) is 11.0. The van der Waals surface area contributed by atoms with Gasteiger partial charge < -0.3 is 5.32 Å². The molecule has 5 nitrogen and oxygen atoms in total. The number of amides is 1. The van der Waals surface area contributed by atoms with Gasteiger partial charge in [-0.25, -0.2) is 4.98 Å². The van der Waals surface area contributed by atoms with E-state index in [1.54, 1.807) is 7.05 Å². The second-order valence-electron chi connectivity index (χ2n) is 8.08. The van der Waals surface area contributed by atoms with E-state index in [1.165, 1.54) is 27.5 Å². The molecule has 1 amide bonds. The van der Waals surface area contributed by atoms with Crippen molar-refractivity contribution in [3.63, 3.8) is 0 Å². The van der Waals surface area contributed by atoms with Gasteiger partial charge in [0, 0.05) is 19.5 Å². The minimum atomic E-state index is -0.0971. The monoisotopic (exact) mass is 457 g/mol. The maximum Gasteiger partial charge on any atom is 0.261 e. The SMILES string of the molecule is Cc1ccc2nc(SCC(=O)NCCC(c3ccccc3)c3ccccc3)n(C)c(=O)c2c1. The molecule has 6 heteroatoms. The van der Waals surface area contributed by atoms with Crippen molar-refractivity contribution in [2.75, 3.05) is 12.3 Å². The first kappa shape index (κ1) is 22.8. The molecule has 0 aliphatic heterocycles. The Morgan fingerprint density at radius 1 is 1.00 bits per heavy atom. The van der Waals surface area contributed by atoms with Crippen LogP contribution in [0.25, 0.3) is 10.9 Å². The zero-order valence-corrected chi connectivity index (χ0v) is 19.6. The number of benzene rings is 3. The molecular weight excluding hydrogens is 430 g/mol. The number of carbonyl (C=O) groups is 1. The van der Waals surface area contributed by atoms with E-state index in [0.717, 1.165) is 12.0 Å². The van der Waals surface area contributed by atoms with Crippen molar-refractivity contribution in [1.82, 2.24) is 14.9 Å². The Balaban J connectivity index is 1.38. The summed E-state index contributed by atoms with van der Waals surface area (Å²) in [6, 6.07) is 26.4. The molecule has 33 heavy (non-hydrogen) atoms. The third-order valence-electron chi connectivity index (χ3n) is 5.68. The maximum atomic E-state index is 12.7. The van der Waals surface area contributed by atoms with Crippen LogP contribution in [0.1, 0.15) is 29.0 Å². The summed E-state index contributed by atoms with van der Waals surface area (Å²) in [5.74, 6) is 0.351. The molecule has 0 radical (unpaired) electrons. The van der Waals surface area contributed by atoms with Gasteiger partial charge in [0.1, 0.15) is 0 Å². The van der Waals surface area contributed by atoms with Crippen molar-refractivity contribution in [2.24, 2.45) is 7.05 Å². The van der Waals surface area contributed by atoms with Crippen LogP contribution in [-0.4, -0.2) is 27.8 Å². The molecule has 1 heterocycles. The lowest BCUT2D eigenvalue weighted by atomic mass is 9.88. The molecule has 0 aliphatic carbocycles. The van der Waals surface area contributed by atoms with Crippen molar-refractivity contribution in [1.29, 1.82) is 0 Å². The second-order valence-corrected chi connectivity index (χ2v) is 9.02. The Kier molecular flexibility index (Phi) is 7.25. The number of thioether (sulfide) groups is 1. The predicted molar refractivity (Wildman–Crippen MR) is 135 cm³/mol. The van der Waals surface area contributed by atoms with E-state index in [-0.39, 0.29) is 23.1 Å². The summed E-state index contributed by atoms with van der Waals surface area (Å²) in [4.78, 5) is 29.8. The zero-order chi connectivity index (χ0) is 23.2. The molecule has 4 rings (SSSR count). The quantitative estimate of drug-likeness (QED) is 0.308. The molecule has 0 saturated heterocycles. The van der Waals surface area contributed by atoms with Crippen LogP contribution in [0.3, 0.4) is 0 Å². The van der Waals surface area contributed by atoms with Crippen molar-refractivity contribution in [3.05, 3.63) is 106 Å².